The van der Waals surface area contributed by atoms with Crippen molar-refractivity contribution in [3.63, 3.8) is 0 Å². The van der Waals surface area contributed by atoms with E-state index in [0.717, 1.165) is 55.8 Å². The quantitative estimate of drug-likeness (QED) is 0.615. The lowest BCUT2D eigenvalue weighted by Gasteiger charge is -2.44. The van der Waals surface area contributed by atoms with E-state index in [1.54, 1.807) is 11.3 Å². The lowest BCUT2D eigenvalue weighted by atomic mass is 9.86. The third kappa shape index (κ3) is 3.68. The number of carbonyl (C=O) groups excluding carboxylic acids is 1. The lowest BCUT2D eigenvalue weighted by molar-refractivity contribution is -0.0342. The van der Waals surface area contributed by atoms with E-state index in [4.69, 9.17) is 9.47 Å². The Bertz CT molecular complexity index is 1090. The summed E-state index contributed by atoms with van der Waals surface area (Å²) in [4.78, 5) is 16.3. The van der Waals surface area contributed by atoms with Crippen LogP contribution in [-0.4, -0.2) is 43.3 Å². The molecular weight excluding hydrogens is 408 g/mol. The maximum Gasteiger partial charge on any atom is 0.407 e. The first-order valence-electron chi connectivity index (χ1n) is 11.2. The summed E-state index contributed by atoms with van der Waals surface area (Å²) in [6, 6.07) is 16.9. The van der Waals surface area contributed by atoms with Gasteiger partial charge in [0.15, 0.2) is 0 Å². The van der Waals surface area contributed by atoms with Crippen LogP contribution < -0.4 is 10.1 Å². The van der Waals surface area contributed by atoms with Crippen LogP contribution in [0.1, 0.15) is 30.9 Å². The highest BCUT2D eigenvalue weighted by Gasteiger charge is 2.37. The minimum Gasteiger partial charge on any atom is -0.493 e. The molecule has 1 aromatic heterocycles. The zero-order chi connectivity index (χ0) is 20.8. The van der Waals surface area contributed by atoms with Crippen LogP contribution in [-0.2, 0) is 4.74 Å². The first-order valence-corrected chi connectivity index (χ1v) is 12.0. The molecule has 2 bridgehead atoms. The van der Waals surface area contributed by atoms with E-state index in [1.807, 2.05) is 0 Å². The van der Waals surface area contributed by atoms with Crippen LogP contribution in [0.5, 0.6) is 5.75 Å². The molecule has 160 valence electrons. The minimum absolute atomic E-state index is 0.0251. The molecule has 1 N–H and O–H groups in total. The number of hydrogen-bond donors (Lipinski definition) is 1. The van der Waals surface area contributed by atoms with Crippen molar-refractivity contribution in [3.05, 3.63) is 54.1 Å². The van der Waals surface area contributed by atoms with Crippen molar-refractivity contribution in [2.45, 2.75) is 31.4 Å². The smallest absolute Gasteiger partial charge is 0.407 e. The zero-order valence-corrected chi connectivity index (χ0v) is 18.2. The van der Waals surface area contributed by atoms with Gasteiger partial charge >= 0.3 is 6.09 Å². The number of rotatable bonds is 3. The molecule has 2 aromatic carbocycles. The maximum atomic E-state index is 12.7. The van der Waals surface area contributed by atoms with Crippen molar-refractivity contribution in [3.8, 4) is 16.2 Å². The van der Waals surface area contributed by atoms with Crippen LogP contribution in [0.3, 0.4) is 0 Å². The van der Waals surface area contributed by atoms with Gasteiger partial charge in [0, 0.05) is 28.1 Å². The van der Waals surface area contributed by atoms with Crippen molar-refractivity contribution in [2.75, 3.05) is 26.2 Å². The first kappa shape index (κ1) is 19.1. The Morgan fingerprint density at radius 3 is 2.77 bits per heavy atom. The third-order valence-corrected chi connectivity index (χ3v) is 8.07. The number of amides is 1. The lowest BCUT2D eigenvalue weighted by Crippen LogP contribution is -2.52. The van der Waals surface area contributed by atoms with E-state index < -0.39 is 0 Å². The Balaban J connectivity index is 1.18. The predicted molar refractivity (Wildman–Crippen MR) is 123 cm³/mol. The summed E-state index contributed by atoms with van der Waals surface area (Å²) in [5.74, 6) is 1.37. The highest BCUT2D eigenvalue weighted by atomic mass is 32.1. The molecule has 1 unspecified atom stereocenters. The number of piperidine rings is 3. The fourth-order valence-electron chi connectivity index (χ4n) is 5.17. The zero-order valence-electron chi connectivity index (χ0n) is 17.4. The van der Waals surface area contributed by atoms with Crippen LogP contribution >= 0.6 is 11.3 Å². The van der Waals surface area contributed by atoms with Crippen LogP contribution in [0.2, 0.25) is 0 Å². The second-order valence-electron chi connectivity index (χ2n) is 8.82. The summed E-state index contributed by atoms with van der Waals surface area (Å²) >= 11 is 1.79. The van der Waals surface area contributed by atoms with Crippen molar-refractivity contribution in [1.29, 1.82) is 0 Å². The van der Waals surface area contributed by atoms with Crippen molar-refractivity contribution in [1.82, 2.24) is 10.2 Å². The van der Waals surface area contributed by atoms with Gasteiger partial charge in [-0.1, -0.05) is 30.3 Å². The summed E-state index contributed by atoms with van der Waals surface area (Å²) in [6.07, 6.45) is 2.75. The SMILES string of the molecule is O=C(NC1CCOc2cc(-c3cc4ccccc4s3)ccc21)O[C@H]1CN2CCC1CC2. The maximum absolute atomic E-state index is 12.7. The van der Waals surface area contributed by atoms with E-state index in [1.165, 1.54) is 15.0 Å². The van der Waals surface area contributed by atoms with Crippen molar-refractivity contribution >= 4 is 27.5 Å². The average Bonchev–Trinajstić information content (AvgIpc) is 3.24. The Kier molecular flexibility index (Phi) is 4.84. The fraction of sp³-hybridized carbons (Fsp3) is 0.400. The van der Waals surface area contributed by atoms with Gasteiger partial charge in [-0.05, 0) is 61.0 Å². The van der Waals surface area contributed by atoms with Gasteiger partial charge in [-0.25, -0.2) is 4.79 Å². The first-order chi connectivity index (χ1) is 15.2. The van der Waals surface area contributed by atoms with Gasteiger partial charge in [-0.3, -0.25) is 4.90 Å². The molecule has 31 heavy (non-hydrogen) atoms. The average molecular weight is 435 g/mol. The summed E-state index contributed by atoms with van der Waals surface area (Å²) in [7, 11) is 0. The Hall–Kier alpha value is -2.57. The molecule has 4 aliphatic rings. The molecule has 2 atom stereocenters. The molecule has 4 aliphatic heterocycles. The number of ether oxygens (including phenoxy) is 2. The fourth-order valence-corrected chi connectivity index (χ4v) is 6.23. The Labute approximate surface area is 186 Å². The summed E-state index contributed by atoms with van der Waals surface area (Å²) in [5.41, 5.74) is 2.18. The minimum atomic E-state index is -0.301. The molecule has 0 saturated carbocycles. The summed E-state index contributed by atoms with van der Waals surface area (Å²) in [5, 5.41) is 4.37. The van der Waals surface area contributed by atoms with Gasteiger partial charge in [-0.2, -0.15) is 0 Å². The van der Waals surface area contributed by atoms with E-state index in [9.17, 15) is 4.79 Å². The van der Waals surface area contributed by atoms with Gasteiger partial charge in [0.25, 0.3) is 0 Å². The molecule has 7 rings (SSSR count). The van der Waals surface area contributed by atoms with Crippen LogP contribution in [0.4, 0.5) is 4.79 Å². The summed E-state index contributed by atoms with van der Waals surface area (Å²) in [6.45, 7) is 3.75. The van der Waals surface area contributed by atoms with E-state index in [2.05, 4.69) is 58.7 Å². The number of nitrogens with zero attached hydrogens (tertiary/aromatic N) is 1. The molecule has 3 aromatic rings. The number of fused-ring (bicyclic) bond motifs is 5. The van der Waals surface area contributed by atoms with Crippen LogP contribution in [0.25, 0.3) is 20.5 Å². The van der Waals surface area contributed by atoms with Crippen LogP contribution in [0, 0.1) is 5.92 Å². The molecule has 1 amide bonds. The number of hydrogen-bond acceptors (Lipinski definition) is 5. The van der Waals surface area contributed by atoms with Crippen molar-refractivity contribution in [2.24, 2.45) is 5.92 Å². The second-order valence-corrected chi connectivity index (χ2v) is 9.90. The summed E-state index contributed by atoms with van der Waals surface area (Å²) < 4.78 is 13.1. The monoisotopic (exact) mass is 434 g/mol. The Morgan fingerprint density at radius 2 is 1.97 bits per heavy atom. The molecular formula is C25H26N2O3S. The van der Waals surface area contributed by atoms with E-state index in [-0.39, 0.29) is 18.2 Å². The molecule has 3 saturated heterocycles. The van der Waals surface area contributed by atoms with Crippen LogP contribution in [0.15, 0.2) is 48.5 Å². The van der Waals surface area contributed by atoms with Gasteiger partial charge in [0.05, 0.1) is 12.6 Å². The normalized spacial score (nSPS) is 26.8. The number of thiophene rings is 1. The van der Waals surface area contributed by atoms with Gasteiger partial charge < -0.3 is 14.8 Å². The molecule has 3 fully saturated rings. The Morgan fingerprint density at radius 1 is 1.10 bits per heavy atom. The highest BCUT2D eigenvalue weighted by Crippen LogP contribution is 2.39. The van der Waals surface area contributed by atoms with Gasteiger partial charge in [0.1, 0.15) is 11.9 Å². The van der Waals surface area contributed by atoms with E-state index >= 15 is 0 Å². The molecule has 5 heterocycles. The predicted octanol–water partition coefficient (Wildman–Crippen LogP) is 5.21. The standard InChI is InChI=1S/C25H26N2O3S/c28-25(30-22-15-27-10-7-16(22)8-11-27)26-20-9-12-29-21-13-18(5-6-19(20)21)24-14-17-3-1-2-4-23(17)31-24/h1-6,13-14,16,20,22H,7-12,15H2,(H,26,28)/t20?,22-/m0/s1. The third-order valence-electron chi connectivity index (χ3n) is 6.91. The largest absolute Gasteiger partial charge is 0.493 e. The highest BCUT2D eigenvalue weighted by molar-refractivity contribution is 7.22. The molecule has 6 heteroatoms. The van der Waals surface area contributed by atoms with Gasteiger partial charge in [-0.15, -0.1) is 11.3 Å². The second kappa shape index (κ2) is 7.84. The molecule has 5 nitrogen and oxygen atoms in total. The molecule has 0 radical (unpaired) electrons. The topological polar surface area (TPSA) is 50.8 Å². The molecule has 0 spiro atoms. The number of nitrogens with one attached hydrogen (secondary N) is 1. The number of carbonyl (C=O) groups is 1. The molecule has 0 aliphatic carbocycles. The van der Waals surface area contributed by atoms with E-state index in [0.29, 0.717) is 12.5 Å². The van der Waals surface area contributed by atoms with Crippen molar-refractivity contribution < 1.29 is 14.3 Å². The number of benzene rings is 2. The number of alkyl carbamates (subject to hydrolysis) is 1. The van der Waals surface area contributed by atoms with Gasteiger partial charge in [0.2, 0.25) is 0 Å².